The number of hydrogen-bond acceptors (Lipinski definition) is 13. The Bertz CT molecular complexity index is 1400. The number of carboxylic acids is 1. The van der Waals surface area contributed by atoms with Gasteiger partial charge in [0.05, 0.1) is 31.1 Å². The number of nitrogens with two attached hydrogens (primary N) is 1. The molecule has 0 spiro atoms. The van der Waals surface area contributed by atoms with Crippen LogP contribution < -0.4 is 27.0 Å². The molecule has 5 heterocycles. The average molecular weight is 668 g/mol. The normalized spacial score (nSPS) is 28.0. The van der Waals surface area contributed by atoms with Crippen molar-refractivity contribution in [2.45, 2.75) is 80.0 Å². The van der Waals surface area contributed by atoms with E-state index in [0.717, 1.165) is 18.6 Å². The Balaban J connectivity index is 1.06. The number of unbranched alkanes of at least 4 members (excludes halogenated alkanes) is 1. The van der Waals surface area contributed by atoms with E-state index in [0.29, 0.717) is 23.2 Å². The zero-order chi connectivity index (χ0) is 32.1. The molecule has 2 unspecified atom stereocenters. The third kappa shape index (κ3) is 7.95. The Kier molecular flexibility index (Phi) is 11.0. The molecular weight excluding hydrogens is 630 g/mol. The van der Waals surface area contributed by atoms with E-state index >= 15 is 0 Å². The van der Waals surface area contributed by atoms with E-state index in [1.807, 2.05) is 11.8 Å². The molecule has 5 rings (SSSR count). The summed E-state index contributed by atoms with van der Waals surface area (Å²) >= 11 is 3.18. The average Bonchev–Trinajstić information content (AvgIpc) is 3.77. The van der Waals surface area contributed by atoms with Crippen molar-refractivity contribution < 1.29 is 39.2 Å². The first kappa shape index (κ1) is 33.1. The zero-order valence-electron chi connectivity index (χ0n) is 24.2. The molecule has 3 fully saturated rings. The topological polar surface area (TPSA) is 256 Å². The quantitative estimate of drug-likeness (QED) is 0.0817. The van der Waals surface area contributed by atoms with Crippen LogP contribution in [0.1, 0.15) is 38.3 Å². The number of carboxylic acid groups (broad SMARTS) is 1. The van der Waals surface area contributed by atoms with Gasteiger partial charge >= 0.3 is 12.0 Å². The van der Waals surface area contributed by atoms with Gasteiger partial charge in [-0.15, -0.1) is 0 Å². The summed E-state index contributed by atoms with van der Waals surface area (Å²) in [5.74, 6) is -0.122. The van der Waals surface area contributed by atoms with Crippen LogP contribution in [0.2, 0.25) is 0 Å². The highest BCUT2D eigenvalue weighted by Crippen LogP contribution is 2.34. The monoisotopic (exact) mass is 667 g/mol. The lowest BCUT2D eigenvalue weighted by Crippen LogP contribution is -2.36. The van der Waals surface area contributed by atoms with Crippen molar-refractivity contribution in [2.75, 3.05) is 29.1 Å². The number of nitrogens with zero attached hydrogens (tertiary/aromatic N) is 4. The van der Waals surface area contributed by atoms with Gasteiger partial charge in [0.2, 0.25) is 11.8 Å². The third-order valence-electron chi connectivity index (χ3n) is 7.93. The van der Waals surface area contributed by atoms with Crippen LogP contribution in [0.4, 0.5) is 10.6 Å². The molecule has 3 aliphatic heterocycles. The molecule has 9 N–H and O–H groups in total. The van der Waals surface area contributed by atoms with Crippen LogP contribution in [0.5, 0.6) is 0 Å². The number of carbonyl (C=O) groups is 4. The van der Waals surface area contributed by atoms with Crippen LogP contribution in [0.25, 0.3) is 11.2 Å². The maximum absolute atomic E-state index is 12.6. The number of ether oxygens (including phenoxy) is 1. The minimum absolute atomic E-state index is 0.105. The smallest absolute Gasteiger partial charge is 0.320 e. The second-order valence-corrected chi connectivity index (χ2v) is 13.5. The lowest BCUT2D eigenvalue weighted by Gasteiger charge is -2.16. The summed E-state index contributed by atoms with van der Waals surface area (Å²) in [6.07, 6.45) is 1.22. The maximum Gasteiger partial charge on any atom is 0.320 e. The van der Waals surface area contributed by atoms with E-state index < -0.39 is 42.5 Å². The number of aromatic nitrogens is 4. The second kappa shape index (κ2) is 14.9. The predicted molar refractivity (Wildman–Crippen MR) is 164 cm³/mol. The Labute approximate surface area is 266 Å². The standard InChI is InChI=1S/C26H37N9O8S2/c27-12(25(40)41)5-6-44-9-14-20(38)21(39)24(43-14)35-11-31-19-22(29-10-30-23(19)35)33-17(37)7-28-16(36)4-2-1-3-15-18-13(8-45-15)32-26(42)34-18/h10-15,18,20-21,24,38-39H,1-9,27H2,(H,28,36)(H,40,41)(H2,32,34,42)(H,29,30,33,37)/t12-,13-,14+,15?,18-,20+,21+,24?/m0/s1. The summed E-state index contributed by atoms with van der Waals surface area (Å²) in [7, 11) is 0. The van der Waals surface area contributed by atoms with Crippen LogP contribution in [0, 0.1) is 0 Å². The lowest BCUT2D eigenvalue weighted by molar-refractivity contribution is -0.138. The Morgan fingerprint density at radius 2 is 2.00 bits per heavy atom. The van der Waals surface area contributed by atoms with Gasteiger partial charge in [-0.2, -0.15) is 23.5 Å². The summed E-state index contributed by atoms with van der Waals surface area (Å²) in [6, 6.07) is -0.799. The number of anilines is 1. The number of amides is 4. The molecule has 17 nitrogen and oxygen atoms in total. The van der Waals surface area contributed by atoms with Crippen molar-refractivity contribution in [3.05, 3.63) is 12.7 Å². The molecule has 19 heteroatoms. The van der Waals surface area contributed by atoms with Crippen LogP contribution in [0.3, 0.4) is 0 Å². The molecule has 3 aliphatic rings. The fourth-order valence-corrected chi connectivity index (χ4v) is 8.12. The molecule has 0 radical (unpaired) electrons. The van der Waals surface area contributed by atoms with Crippen LogP contribution in [-0.4, -0.2) is 124 Å². The van der Waals surface area contributed by atoms with Crippen LogP contribution in [0.15, 0.2) is 12.7 Å². The van der Waals surface area contributed by atoms with Crippen molar-refractivity contribution in [3.63, 3.8) is 0 Å². The minimum Gasteiger partial charge on any atom is -0.480 e. The van der Waals surface area contributed by atoms with Gasteiger partial charge in [-0.1, -0.05) is 6.42 Å². The Morgan fingerprint density at radius 1 is 1.18 bits per heavy atom. The van der Waals surface area contributed by atoms with Gasteiger partial charge in [0.25, 0.3) is 0 Å². The van der Waals surface area contributed by atoms with Crippen molar-refractivity contribution in [1.82, 2.24) is 35.5 Å². The molecule has 2 aromatic rings. The van der Waals surface area contributed by atoms with E-state index in [4.69, 9.17) is 15.6 Å². The largest absolute Gasteiger partial charge is 0.480 e. The minimum atomic E-state index is -1.30. The maximum atomic E-state index is 12.6. The van der Waals surface area contributed by atoms with Gasteiger partial charge < -0.3 is 47.1 Å². The number of carbonyl (C=O) groups excluding carboxylic acids is 3. The van der Waals surface area contributed by atoms with Gasteiger partial charge in [0, 0.05) is 23.2 Å². The number of urea groups is 1. The fourth-order valence-electron chi connectivity index (χ4n) is 5.48. The number of aliphatic hydroxyl groups excluding tert-OH is 2. The number of aliphatic carboxylic acids is 1. The summed E-state index contributed by atoms with van der Waals surface area (Å²) in [6.45, 7) is -0.266. The number of nitrogens with one attached hydrogen (secondary N) is 4. The number of aliphatic hydroxyl groups is 2. The molecule has 0 bridgehead atoms. The number of imidazole rings is 1. The number of fused-ring (bicyclic) bond motifs is 2. The lowest BCUT2D eigenvalue weighted by atomic mass is 10.0. The Morgan fingerprint density at radius 3 is 2.80 bits per heavy atom. The van der Waals surface area contributed by atoms with E-state index in [9.17, 15) is 29.4 Å². The van der Waals surface area contributed by atoms with Gasteiger partial charge in [-0.3, -0.25) is 19.0 Å². The van der Waals surface area contributed by atoms with E-state index in [-0.39, 0.29) is 60.4 Å². The second-order valence-electron chi connectivity index (χ2n) is 11.1. The molecule has 246 valence electrons. The first-order valence-corrected chi connectivity index (χ1v) is 16.8. The van der Waals surface area contributed by atoms with Crippen LogP contribution >= 0.6 is 23.5 Å². The molecule has 0 aliphatic carbocycles. The highest BCUT2D eigenvalue weighted by Gasteiger charge is 2.44. The third-order valence-corrected chi connectivity index (χ3v) is 10.5. The molecule has 0 saturated carbocycles. The van der Waals surface area contributed by atoms with E-state index in [1.54, 1.807) is 0 Å². The molecule has 3 saturated heterocycles. The van der Waals surface area contributed by atoms with E-state index in [1.165, 1.54) is 29.0 Å². The molecule has 8 atom stereocenters. The number of rotatable bonds is 15. The van der Waals surface area contributed by atoms with Crippen LogP contribution in [-0.2, 0) is 19.1 Å². The molecule has 4 amide bonds. The van der Waals surface area contributed by atoms with Crippen molar-refractivity contribution in [2.24, 2.45) is 5.73 Å². The number of thioether (sulfide) groups is 2. The zero-order valence-corrected chi connectivity index (χ0v) is 25.8. The fraction of sp³-hybridized carbons (Fsp3) is 0.654. The van der Waals surface area contributed by atoms with Crippen molar-refractivity contribution >= 4 is 64.3 Å². The summed E-state index contributed by atoms with van der Waals surface area (Å²) in [5.41, 5.74) is 5.99. The van der Waals surface area contributed by atoms with Gasteiger partial charge in [0.15, 0.2) is 23.2 Å². The first-order valence-electron chi connectivity index (χ1n) is 14.6. The SMILES string of the molecule is N[C@@H](CCSC[C@H]1OC(n2cnc3c(NC(=O)CNC(=O)CCCCC4SC[C@@H]5NC(=O)N[C@H]45)ncnc32)[C@H](O)[C@@H]1O)C(=O)O. The molecule has 0 aromatic carbocycles. The summed E-state index contributed by atoms with van der Waals surface area (Å²) in [5, 5.41) is 41.6. The highest BCUT2D eigenvalue weighted by molar-refractivity contribution is 8.00. The van der Waals surface area contributed by atoms with Gasteiger partial charge in [-0.05, 0) is 25.0 Å². The summed E-state index contributed by atoms with van der Waals surface area (Å²) in [4.78, 5) is 59.9. The molecule has 2 aromatic heterocycles. The highest BCUT2D eigenvalue weighted by atomic mass is 32.2. The van der Waals surface area contributed by atoms with Gasteiger partial charge in [-0.25, -0.2) is 19.7 Å². The van der Waals surface area contributed by atoms with Crippen molar-refractivity contribution in [3.8, 4) is 0 Å². The van der Waals surface area contributed by atoms with Crippen molar-refractivity contribution in [1.29, 1.82) is 0 Å². The Hall–Kier alpha value is -3.23. The summed E-state index contributed by atoms with van der Waals surface area (Å²) < 4.78 is 7.35. The molecule has 45 heavy (non-hydrogen) atoms. The predicted octanol–water partition coefficient (Wildman–Crippen LogP) is -1.24. The molecular formula is C26H37N9O8S2. The first-order chi connectivity index (χ1) is 21.6. The number of hydrogen-bond donors (Lipinski definition) is 8. The van der Waals surface area contributed by atoms with E-state index in [2.05, 4.69) is 36.2 Å². The van der Waals surface area contributed by atoms with Gasteiger partial charge in [0.1, 0.15) is 24.6 Å².